The minimum absolute atomic E-state index is 0.0574. The number of amides is 1. The fourth-order valence-electron chi connectivity index (χ4n) is 3.35. The summed E-state index contributed by atoms with van der Waals surface area (Å²) in [5.74, 6) is -0.847. The zero-order valence-electron chi connectivity index (χ0n) is 17.3. The number of halogens is 6. The molecule has 1 amide bonds. The topological polar surface area (TPSA) is 51.2 Å². The lowest BCUT2D eigenvalue weighted by molar-refractivity contribution is -0.383. The van der Waals surface area contributed by atoms with Gasteiger partial charge in [-0.3, -0.25) is 9.78 Å². The van der Waals surface area contributed by atoms with Gasteiger partial charge in [-0.05, 0) is 49.1 Å². The average Bonchev–Trinajstić information content (AvgIpc) is 2.61. The maximum absolute atomic E-state index is 13.7. The van der Waals surface area contributed by atoms with E-state index in [0.29, 0.717) is 18.9 Å². The number of alkyl halides is 6. The highest BCUT2D eigenvalue weighted by Crippen LogP contribution is 2.53. The number of benzene rings is 1. The molecule has 0 aliphatic rings. The molecule has 0 atom stereocenters. The Hall–Kier alpha value is -2.62. The van der Waals surface area contributed by atoms with Crippen LogP contribution in [0.2, 0.25) is 0 Å². The molecule has 0 aliphatic carbocycles. The van der Waals surface area contributed by atoms with Crippen molar-refractivity contribution >= 4 is 11.6 Å². The standard InChI is InChI=1S/C21H22F6N2O2/c1-12(2)10-14-11-15(29-18(30)16-6-5-9-28-13(16)3)7-8-17(14)19(31-4,20(22,23)24)21(25,26)27/h5-9,11-12H,10H2,1-4H3,(H,29,30). The molecule has 0 unspecified atom stereocenters. The molecule has 0 radical (unpaired) electrons. The third-order valence-electron chi connectivity index (χ3n) is 4.73. The monoisotopic (exact) mass is 448 g/mol. The third-order valence-corrected chi connectivity index (χ3v) is 4.73. The maximum Gasteiger partial charge on any atom is 0.430 e. The number of aryl methyl sites for hydroxylation is 1. The summed E-state index contributed by atoms with van der Waals surface area (Å²) in [6.45, 7) is 4.91. The van der Waals surface area contributed by atoms with Gasteiger partial charge in [0.15, 0.2) is 0 Å². The van der Waals surface area contributed by atoms with Crippen LogP contribution < -0.4 is 5.32 Å². The quantitative estimate of drug-likeness (QED) is 0.568. The Morgan fingerprint density at radius 3 is 2.19 bits per heavy atom. The first-order valence-electron chi connectivity index (χ1n) is 9.29. The van der Waals surface area contributed by atoms with Gasteiger partial charge in [-0.1, -0.05) is 19.9 Å². The lowest BCUT2D eigenvalue weighted by atomic mass is 9.84. The van der Waals surface area contributed by atoms with Gasteiger partial charge in [0, 0.05) is 30.3 Å². The van der Waals surface area contributed by atoms with Gasteiger partial charge in [0.1, 0.15) is 0 Å². The summed E-state index contributed by atoms with van der Waals surface area (Å²) < 4.78 is 86.5. The van der Waals surface area contributed by atoms with Crippen molar-refractivity contribution in [3.05, 3.63) is 58.9 Å². The van der Waals surface area contributed by atoms with Crippen molar-refractivity contribution in [1.82, 2.24) is 4.98 Å². The van der Waals surface area contributed by atoms with E-state index in [1.807, 2.05) is 0 Å². The van der Waals surface area contributed by atoms with Gasteiger partial charge in [0.25, 0.3) is 11.5 Å². The molecule has 0 saturated carbocycles. The van der Waals surface area contributed by atoms with E-state index in [1.165, 1.54) is 18.3 Å². The van der Waals surface area contributed by atoms with E-state index in [9.17, 15) is 31.1 Å². The molecule has 2 aromatic rings. The number of carbonyl (C=O) groups is 1. The molecule has 0 spiro atoms. The van der Waals surface area contributed by atoms with Gasteiger partial charge in [-0.25, -0.2) is 0 Å². The van der Waals surface area contributed by atoms with E-state index in [-0.39, 0.29) is 29.2 Å². The molecule has 2 rings (SSSR count). The highest BCUT2D eigenvalue weighted by atomic mass is 19.4. The summed E-state index contributed by atoms with van der Waals surface area (Å²) >= 11 is 0. The van der Waals surface area contributed by atoms with Crippen LogP contribution in [-0.4, -0.2) is 30.4 Å². The van der Waals surface area contributed by atoms with Crippen LogP contribution in [-0.2, 0) is 16.8 Å². The van der Waals surface area contributed by atoms with Gasteiger partial charge in [-0.2, -0.15) is 26.3 Å². The number of nitrogens with one attached hydrogen (secondary N) is 1. The number of hydrogen-bond donors (Lipinski definition) is 1. The van der Waals surface area contributed by atoms with Crippen LogP contribution in [0, 0.1) is 12.8 Å². The van der Waals surface area contributed by atoms with Crippen LogP contribution >= 0.6 is 0 Å². The van der Waals surface area contributed by atoms with E-state index in [2.05, 4.69) is 15.0 Å². The molecular formula is C21H22F6N2O2. The molecule has 170 valence electrons. The Morgan fingerprint density at radius 2 is 1.71 bits per heavy atom. The van der Waals surface area contributed by atoms with Crippen LogP contribution in [0.5, 0.6) is 0 Å². The van der Waals surface area contributed by atoms with Crippen LogP contribution in [0.4, 0.5) is 32.0 Å². The Labute approximate surface area is 175 Å². The first-order valence-corrected chi connectivity index (χ1v) is 9.29. The van der Waals surface area contributed by atoms with Gasteiger partial charge < -0.3 is 10.1 Å². The second kappa shape index (κ2) is 8.86. The summed E-state index contributed by atoms with van der Waals surface area (Å²) in [5, 5.41) is 2.50. The maximum atomic E-state index is 13.7. The van der Waals surface area contributed by atoms with Crippen molar-refractivity contribution in [2.24, 2.45) is 5.92 Å². The Balaban J connectivity index is 2.60. The van der Waals surface area contributed by atoms with Gasteiger partial charge in [-0.15, -0.1) is 0 Å². The first-order chi connectivity index (χ1) is 14.2. The molecule has 0 bridgehead atoms. The zero-order chi connectivity index (χ0) is 23.6. The fraction of sp³-hybridized carbons (Fsp3) is 0.429. The molecule has 1 heterocycles. The number of nitrogens with zero attached hydrogens (tertiary/aromatic N) is 1. The predicted octanol–water partition coefficient (Wildman–Crippen LogP) is 5.81. The summed E-state index contributed by atoms with van der Waals surface area (Å²) in [7, 11) is 0.376. The number of methoxy groups -OCH3 is 1. The number of pyridine rings is 1. The van der Waals surface area contributed by atoms with Crippen LogP contribution in [0.25, 0.3) is 0 Å². The molecular weight excluding hydrogens is 426 g/mol. The summed E-state index contributed by atoms with van der Waals surface area (Å²) in [6, 6.07) is 5.85. The summed E-state index contributed by atoms with van der Waals surface area (Å²) in [5.41, 5.74) is -5.07. The van der Waals surface area contributed by atoms with E-state index in [0.717, 1.165) is 12.1 Å². The molecule has 4 nitrogen and oxygen atoms in total. The molecule has 0 saturated heterocycles. The van der Waals surface area contributed by atoms with E-state index in [4.69, 9.17) is 0 Å². The molecule has 0 fully saturated rings. The lowest BCUT2D eigenvalue weighted by Gasteiger charge is -2.37. The molecule has 1 aromatic heterocycles. The van der Waals surface area contributed by atoms with Crippen molar-refractivity contribution < 1.29 is 35.9 Å². The smallest absolute Gasteiger partial charge is 0.357 e. The Kier molecular flexibility index (Phi) is 7.04. The van der Waals surface area contributed by atoms with Crippen molar-refractivity contribution in [2.75, 3.05) is 12.4 Å². The predicted molar refractivity (Wildman–Crippen MR) is 103 cm³/mol. The number of rotatable bonds is 6. The number of carbonyl (C=O) groups excluding carboxylic acids is 1. The van der Waals surface area contributed by atoms with Crippen molar-refractivity contribution in [1.29, 1.82) is 0 Å². The Morgan fingerprint density at radius 1 is 1.10 bits per heavy atom. The van der Waals surface area contributed by atoms with Crippen LogP contribution in [0.3, 0.4) is 0 Å². The van der Waals surface area contributed by atoms with E-state index >= 15 is 0 Å². The summed E-state index contributed by atoms with van der Waals surface area (Å²) in [4.78, 5) is 16.5. The average molecular weight is 448 g/mol. The van der Waals surface area contributed by atoms with Crippen molar-refractivity contribution in [3.63, 3.8) is 0 Å². The highest BCUT2D eigenvalue weighted by molar-refractivity contribution is 6.05. The molecule has 31 heavy (non-hydrogen) atoms. The lowest BCUT2D eigenvalue weighted by Crippen LogP contribution is -2.55. The number of aromatic nitrogens is 1. The number of ether oxygens (including phenoxy) is 1. The van der Waals surface area contributed by atoms with Crippen LogP contribution in [0.15, 0.2) is 36.5 Å². The largest absolute Gasteiger partial charge is 0.430 e. The second-order valence-corrected chi connectivity index (χ2v) is 7.44. The van der Waals surface area contributed by atoms with Crippen molar-refractivity contribution in [3.8, 4) is 0 Å². The number of anilines is 1. The van der Waals surface area contributed by atoms with E-state index in [1.54, 1.807) is 20.8 Å². The van der Waals surface area contributed by atoms with Crippen molar-refractivity contribution in [2.45, 2.75) is 45.1 Å². The highest BCUT2D eigenvalue weighted by Gasteiger charge is 2.73. The normalized spacial score (nSPS) is 12.9. The number of hydrogen-bond acceptors (Lipinski definition) is 3. The third kappa shape index (κ3) is 4.84. The van der Waals surface area contributed by atoms with Gasteiger partial charge in [0.05, 0.1) is 5.56 Å². The molecule has 1 N–H and O–H groups in total. The van der Waals surface area contributed by atoms with E-state index < -0.39 is 29.4 Å². The van der Waals surface area contributed by atoms with Crippen LogP contribution in [0.1, 0.15) is 41.0 Å². The van der Waals surface area contributed by atoms with Gasteiger partial charge in [0.2, 0.25) is 0 Å². The zero-order valence-corrected chi connectivity index (χ0v) is 17.3. The second-order valence-electron chi connectivity index (χ2n) is 7.44. The minimum Gasteiger partial charge on any atom is -0.357 e. The SMILES string of the molecule is COC(c1ccc(NC(=O)c2cccnc2C)cc1CC(C)C)(C(F)(F)F)C(F)(F)F. The fourth-order valence-corrected chi connectivity index (χ4v) is 3.35. The van der Waals surface area contributed by atoms with Gasteiger partial charge >= 0.3 is 12.4 Å². The Bertz CT molecular complexity index is 924. The first kappa shape index (κ1) is 24.6. The molecule has 1 aromatic carbocycles. The molecule has 10 heteroatoms. The minimum atomic E-state index is -5.76. The molecule has 0 aliphatic heterocycles. The summed E-state index contributed by atoms with van der Waals surface area (Å²) in [6.07, 6.45) is -10.1.